The van der Waals surface area contributed by atoms with E-state index in [0.717, 1.165) is 16.7 Å². The summed E-state index contributed by atoms with van der Waals surface area (Å²) in [5, 5.41) is 9.64. The number of ether oxygens (including phenoxy) is 1. The zero-order valence-corrected chi connectivity index (χ0v) is 20.8. The van der Waals surface area contributed by atoms with Crippen LogP contribution in [0.25, 0.3) is 22.4 Å². The Kier molecular flexibility index (Phi) is 6.86. The lowest BCUT2D eigenvalue weighted by molar-refractivity contribution is 0.0529. The normalized spacial score (nSPS) is 10.9. The van der Waals surface area contributed by atoms with Crippen molar-refractivity contribution in [2.45, 2.75) is 27.7 Å². The van der Waals surface area contributed by atoms with Crippen molar-refractivity contribution < 1.29 is 18.8 Å². The summed E-state index contributed by atoms with van der Waals surface area (Å²) >= 11 is 7.60. The van der Waals surface area contributed by atoms with Gasteiger partial charge in [-0.15, -0.1) is 11.3 Å². The summed E-state index contributed by atoms with van der Waals surface area (Å²) < 4.78 is 10.6. The van der Waals surface area contributed by atoms with E-state index in [2.05, 4.69) is 16.5 Å². The van der Waals surface area contributed by atoms with Crippen LogP contribution < -0.4 is 5.32 Å². The molecule has 0 bridgehead atoms. The van der Waals surface area contributed by atoms with Crippen molar-refractivity contribution in [1.82, 2.24) is 5.16 Å². The molecule has 2 heterocycles. The first-order valence-electron chi connectivity index (χ1n) is 10.7. The first-order chi connectivity index (χ1) is 16.3. The van der Waals surface area contributed by atoms with E-state index < -0.39 is 11.9 Å². The van der Waals surface area contributed by atoms with E-state index in [1.54, 1.807) is 38.1 Å². The minimum Gasteiger partial charge on any atom is -0.462 e. The maximum absolute atomic E-state index is 13.4. The molecule has 2 aromatic heterocycles. The van der Waals surface area contributed by atoms with Gasteiger partial charge in [0.05, 0.1) is 11.6 Å². The summed E-state index contributed by atoms with van der Waals surface area (Å²) in [4.78, 5) is 26.3. The summed E-state index contributed by atoms with van der Waals surface area (Å²) in [6.45, 7) is 7.62. The standard InChI is InChI=1S/C26H23ClN2O4S/c1-5-32-26(31)22-19(17-11-10-14(2)12-15(17)3)13-34-25(22)28-24(30)21-16(4)33-29-23(21)18-8-6-7-9-20(18)27/h6-13H,5H2,1-4H3,(H,28,30). The van der Waals surface area contributed by atoms with Gasteiger partial charge >= 0.3 is 5.97 Å². The second kappa shape index (κ2) is 9.83. The highest BCUT2D eigenvalue weighted by atomic mass is 35.5. The highest BCUT2D eigenvalue weighted by molar-refractivity contribution is 7.15. The molecule has 4 rings (SSSR count). The molecule has 0 spiro atoms. The quantitative estimate of drug-likeness (QED) is 0.290. The Morgan fingerprint density at radius 1 is 1.06 bits per heavy atom. The van der Waals surface area contributed by atoms with Crippen molar-refractivity contribution in [3.05, 3.63) is 80.9 Å². The predicted octanol–water partition coefficient (Wildman–Crippen LogP) is 7.08. The second-order valence-electron chi connectivity index (χ2n) is 7.79. The number of carbonyl (C=O) groups excluding carboxylic acids is 2. The SMILES string of the molecule is CCOC(=O)c1c(-c2ccc(C)cc2C)csc1NC(=O)c1c(-c2ccccc2Cl)noc1C. The van der Waals surface area contributed by atoms with E-state index in [1.165, 1.54) is 11.3 Å². The average Bonchev–Trinajstić information content (AvgIpc) is 3.37. The van der Waals surface area contributed by atoms with E-state index in [4.69, 9.17) is 20.9 Å². The van der Waals surface area contributed by atoms with Crippen LogP contribution in [-0.4, -0.2) is 23.6 Å². The number of hydrogen-bond donors (Lipinski definition) is 1. The Bertz CT molecular complexity index is 1390. The molecule has 1 amide bonds. The van der Waals surface area contributed by atoms with Gasteiger partial charge in [0.15, 0.2) is 0 Å². The second-order valence-corrected chi connectivity index (χ2v) is 9.08. The Balaban J connectivity index is 1.76. The number of nitrogens with one attached hydrogen (secondary N) is 1. The Morgan fingerprint density at radius 3 is 2.53 bits per heavy atom. The smallest absolute Gasteiger partial charge is 0.341 e. The first kappa shape index (κ1) is 23.7. The lowest BCUT2D eigenvalue weighted by atomic mass is 9.97. The Hall–Kier alpha value is -3.42. The van der Waals surface area contributed by atoms with Crippen LogP contribution in [0.15, 0.2) is 52.4 Å². The molecule has 0 aliphatic rings. The molecule has 4 aromatic rings. The fraction of sp³-hybridized carbons (Fsp3) is 0.192. The highest BCUT2D eigenvalue weighted by Crippen LogP contribution is 2.39. The van der Waals surface area contributed by atoms with E-state index in [1.807, 2.05) is 31.4 Å². The van der Waals surface area contributed by atoms with Crippen LogP contribution in [0.2, 0.25) is 5.02 Å². The molecular weight excluding hydrogens is 472 g/mol. The van der Waals surface area contributed by atoms with Crippen LogP contribution >= 0.6 is 22.9 Å². The minimum atomic E-state index is -0.498. The molecule has 0 atom stereocenters. The van der Waals surface area contributed by atoms with E-state index in [0.29, 0.717) is 38.2 Å². The highest BCUT2D eigenvalue weighted by Gasteiger charge is 2.27. The summed E-state index contributed by atoms with van der Waals surface area (Å²) in [6, 6.07) is 13.1. The van der Waals surface area contributed by atoms with E-state index >= 15 is 0 Å². The molecule has 0 aliphatic heterocycles. The van der Waals surface area contributed by atoms with Crippen LogP contribution in [0, 0.1) is 20.8 Å². The van der Waals surface area contributed by atoms with Crippen LogP contribution in [0.1, 0.15) is 44.5 Å². The number of esters is 1. The van der Waals surface area contributed by atoms with Crippen molar-refractivity contribution in [1.29, 1.82) is 0 Å². The third kappa shape index (κ3) is 4.49. The summed E-state index contributed by atoms with van der Waals surface area (Å²) in [6.07, 6.45) is 0. The average molecular weight is 495 g/mol. The zero-order valence-electron chi connectivity index (χ0n) is 19.2. The number of halogens is 1. The fourth-order valence-electron chi connectivity index (χ4n) is 3.81. The van der Waals surface area contributed by atoms with Crippen molar-refractivity contribution in [2.24, 2.45) is 0 Å². The predicted molar refractivity (Wildman–Crippen MR) is 135 cm³/mol. The van der Waals surface area contributed by atoms with Crippen LogP contribution in [0.3, 0.4) is 0 Å². The van der Waals surface area contributed by atoms with Gasteiger partial charge in [-0.05, 0) is 44.9 Å². The molecule has 0 saturated carbocycles. The van der Waals surface area contributed by atoms with Gasteiger partial charge in [-0.25, -0.2) is 4.79 Å². The van der Waals surface area contributed by atoms with E-state index in [-0.39, 0.29) is 12.2 Å². The van der Waals surface area contributed by atoms with Crippen molar-refractivity contribution >= 4 is 39.8 Å². The lowest BCUT2D eigenvalue weighted by Crippen LogP contribution is -2.16. The number of anilines is 1. The molecule has 0 unspecified atom stereocenters. The Morgan fingerprint density at radius 2 is 1.82 bits per heavy atom. The zero-order chi connectivity index (χ0) is 24.4. The van der Waals surface area contributed by atoms with Gasteiger partial charge in [-0.3, -0.25) is 4.79 Å². The largest absolute Gasteiger partial charge is 0.462 e. The maximum Gasteiger partial charge on any atom is 0.341 e. The molecule has 0 saturated heterocycles. The molecule has 6 nitrogen and oxygen atoms in total. The number of thiophene rings is 1. The topological polar surface area (TPSA) is 81.4 Å². The molecule has 174 valence electrons. The Labute approximate surface area is 206 Å². The van der Waals surface area contributed by atoms with E-state index in [9.17, 15) is 9.59 Å². The number of aromatic nitrogens is 1. The number of nitrogens with zero attached hydrogens (tertiary/aromatic N) is 1. The summed E-state index contributed by atoms with van der Waals surface area (Å²) in [5.41, 5.74) is 5.26. The third-order valence-electron chi connectivity index (χ3n) is 5.39. The van der Waals surface area contributed by atoms with Crippen LogP contribution in [0.4, 0.5) is 5.00 Å². The van der Waals surface area contributed by atoms with Gasteiger partial charge in [-0.1, -0.05) is 58.7 Å². The number of aryl methyl sites for hydroxylation is 3. The van der Waals surface area contributed by atoms with Crippen LogP contribution in [0.5, 0.6) is 0 Å². The summed E-state index contributed by atoms with van der Waals surface area (Å²) in [5.74, 6) is -0.605. The number of benzene rings is 2. The van der Waals surface area contributed by atoms with Gasteiger partial charge in [-0.2, -0.15) is 0 Å². The summed E-state index contributed by atoms with van der Waals surface area (Å²) in [7, 11) is 0. The minimum absolute atomic E-state index is 0.218. The van der Waals surface area contributed by atoms with Gasteiger partial charge in [0.25, 0.3) is 5.91 Å². The monoisotopic (exact) mass is 494 g/mol. The maximum atomic E-state index is 13.4. The van der Waals surface area contributed by atoms with Crippen LogP contribution in [-0.2, 0) is 4.74 Å². The first-order valence-corrected chi connectivity index (χ1v) is 12.0. The molecule has 8 heteroatoms. The van der Waals surface area contributed by atoms with Crippen molar-refractivity contribution in [3.63, 3.8) is 0 Å². The van der Waals surface area contributed by atoms with Crippen molar-refractivity contribution in [3.8, 4) is 22.4 Å². The van der Waals surface area contributed by atoms with Gasteiger partial charge < -0.3 is 14.6 Å². The molecule has 34 heavy (non-hydrogen) atoms. The number of amides is 1. The van der Waals surface area contributed by atoms with Crippen molar-refractivity contribution in [2.75, 3.05) is 11.9 Å². The number of carbonyl (C=O) groups is 2. The molecule has 0 aliphatic carbocycles. The number of hydrogen-bond acceptors (Lipinski definition) is 6. The van der Waals surface area contributed by atoms with Gasteiger partial charge in [0.1, 0.15) is 27.6 Å². The molecule has 2 aromatic carbocycles. The molecule has 0 fully saturated rings. The van der Waals surface area contributed by atoms with Gasteiger partial charge in [0, 0.05) is 16.5 Å². The number of rotatable bonds is 6. The lowest BCUT2D eigenvalue weighted by Gasteiger charge is -2.11. The fourth-order valence-corrected chi connectivity index (χ4v) is 4.98. The van der Waals surface area contributed by atoms with Gasteiger partial charge in [0.2, 0.25) is 0 Å². The molecule has 0 radical (unpaired) electrons. The molecular formula is C26H23ClN2O4S. The molecule has 1 N–H and O–H groups in total. The third-order valence-corrected chi connectivity index (χ3v) is 6.61.